The van der Waals surface area contributed by atoms with Crippen molar-refractivity contribution in [2.75, 3.05) is 37.6 Å². The number of anilines is 1. The number of carbonyl (C=O) groups excluding carboxylic acids is 1. The van der Waals surface area contributed by atoms with Gasteiger partial charge in [-0.3, -0.25) is 4.79 Å². The molecule has 1 aliphatic heterocycles. The molecule has 1 saturated heterocycles. The first-order chi connectivity index (χ1) is 16.3. The lowest BCUT2D eigenvalue weighted by molar-refractivity contribution is -0.118. The third-order valence-corrected chi connectivity index (χ3v) is 7.17. The summed E-state index contributed by atoms with van der Waals surface area (Å²) >= 11 is 0. The monoisotopic (exact) mass is 489 g/mol. The Bertz CT molecular complexity index is 1290. The first-order valence-corrected chi connectivity index (χ1v) is 12.3. The Morgan fingerprint density at radius 3 is 2.50 bits per heavy atom. The number of carbonyl (C=O) groups is 1. The molecule has 1 aliphatic rings. The maximum atomic E-state index is 13.1. The molecule has 1 amide bonds. The van der Waals surface area contributed by atoms with Gasteiger partial charge in [0, 0.05) is 11.6 Å². The summed E-state index contributed by atoms with van der Waals surface area (Å²) in [6.07, 6.45) is 0.393. The molecular formula is C23H24FN3O6S. The molecule has 0 bridgehead atoms. The van der Waals surface area contributed by atoms with Gasteiger partial charge in [0.1, 0.15) is 17.4 Å². The molecule has 0 aliphatic carbocycles. The Labute approximate surface area is 196 Å². The van der Waals surface area contributed by atoms with Gasteiger partial charge in [-0.1, -0.05) is 0 Å². The summed E-state index contributed by atoms with van der Waals surface area (Å²) in [6, 6.07) is 11.9. The molecule has 2 aromatic carbocycles. The average molecular weight is 490 g/mol. The van der Waals surface area contributed by atoms with Gasteiger partial charge in [0.15, 0.2) is 27.9 Å². The number of amides is 1. The molecule has 0 unspecified atom stereocenters. The van der Waals surface area contributed by atoms with Crippen molar-refractivity contribution in [3.63, 3.8) is 0 Å². The molecule has 1 N–H and O–H groups in total. The van der Waals surface area contributed by atoms with Crippen LogP contribution in [-0.4, -0.2) is 56.4 Å². The lowest BCUT2D eigenvalue weighted by Crippen LogP contribution is -2.23. The van der Waals surface area contributed by atoms with E-state index in [1.165, 1.54) is 43.2 Å². The lowest BCUT2D eigenvalue weighted by atomic mass is 10.1. The number of sulfone groups is 1. The summed E-state index contributed by atoms with van der Waals surface area (Å²) in [4.78, 5) is 12.6. The molecule has 1 atom stereocenters. The smallest absolute Gasteiger partial charge is 0.263 e. The molecule has 0 radical (unpaired) electrons. The molecule has 180 valence electrons. The van der Waals surface area contributed by atoms with Gasteiger partial charge in [-0.15, -0.1) is 0 Å². The number of rotatable bonds is 8. The van der Waals surface area contributed by atoms with Crippen molar-refractivity contribution in [1.82, 2.24) is 9.78 Å². The number of nitrogens with zero attached hydrogens (tertiary/aromatic N) is 2. The van der Waals surface area contributed by atoms with Crippen molar-refractivity contribution in [2.24, 2.45) is 0 Å². The third-order valence-electron chi connectivity index (χ3n) is 5.42. The molecule has 2 heterocycles. The minimum Gasteiger partial charge on any atom is -0.493 e. The minimum absolute atomic E-state index is 0.0598. The van der Waals surface area contributed by atoms with Crippen LogP contribution < -0.4 is 19.5 Å². The molecular weight excluding hydrogens is 465 g/mol. The first kappa shape index (κ1) is 23.6. The Hall–Kier alpha value is -3.60. The van der Waals surface area contributed by atoms with Crippen molar-refractivity contribution in [3.05, 3.63) is 54.3 Å². The van der Waals surface area contributed by atoms with Gasteiger partial charge in [0.2, 0.25) is 0 Å². The normalized spacial score (nSPS) is 16.7. The summed E-state index contributed by atoms with van der Waals surface area (Å²) in [5, 5.41) is 7.35. The average Bonchev–Trinajstić information content (AvgIpc) is 3.40. The van der Waals surface area contributed by atoms with Gasteiger partial charge in [0.05, 0.1) is 37.5 Å². The predicted octanol–water partition coefficient (Wildman–Crippen LogP) is 3.08. The van der Waals surface area contributed by atoms with E-state index < -0.39 is 27.6 Å². The number of ether oxygens (including phenoxy) is 3. The van der Waals surface area contributed by atoms with Crippen molar-refractivity contribution in [2.45, 2.75) is 12.5 Å². The maximum Gasteiger partial charge on any atom is 0.263 e. The summed E-state index contributed by atoms with van der Waals surface area (Å²) < 4.78 is 54.7. The van der Waals surface area contributed by atoms with Gasteiger partial charge >= 0.3 is 0 Å². The van der Waals surface area contributed by atoms with E-state index in [4.69, 9.17) is 14.2 Å². The molecule has 1 fully saturated rings. The Kier molecular flexibility index (Phi) is 6.73. The van der Waals surface area contributed by atoms with E-state index in [2.05, 4.69) is 10.4 Å². The number of halogens is 1. The van der Waals surface area contributed by atoms with Crippen molar-refractivity contribution >= 4 is 21.6 Å². The van der Waals surface area contributed by atoms with E-state index in [0.29, 0.717) is 40.7 Å². The van der Waals surface area contributed by atoms with E-state index in [1.54, 1.807) is 24.3 Å². The fraction of sp³-hybridized carbons (Fsp3) is 0.304. The number of nitrogens with one attached hydrogen (secondary N) is 1. The number of hydrogen-bond acceptors (Lipinski definition) is 7. The summed E-state index contributed by atoms with van der Waals surface area (Å²) in [7, 11) is -0.119. The van der Waals surface area contributed by atoms with Gasteiger partial charge < -0.3 is 19.5 Å². The lowest BCUT2D eigenvalue weighted by Gasteiger charge is -2.14. The van der Waals surface area contributed by atoms with Gasteiger partial charge in [-0.2, -0.15) is 5.10 Å². The number of methoxy groups -OCH3 is 2. The highest BCUT2D eigenvalue weighted by Gasteiger charge is 2.32. The number of aromatic nitrogens is 2. The maximum absolute atomic E-state index is 13.1. The van der Waals surface area contributed by atoms with Gasteiger partial charge in [0.25, 0.3) is 5.91 Å². The van der Waals surface area contributed by atoms with E-state index in [0.717, 1.165) is 0 Å². The van der Waals surface area contributed by atoms with Crippen LogP contribution in [0.5, 0.6) is 17.2 Å². The molecule has 3 aromatic rings. The SMILES string of the molecule is COc1ccc(-c2cc(NC(=O)COc3ccc(F)cc3)n([C@H]3CCS(=O)(=O)C3)n2)cc1OC. The molecule has 1 aromatic heterocycles. The second-order valence-corrected chi connectivity index (χ2v) is 10.0. The number of benzene rings is 2. The quantitative estimate of drug-likeness (QED) is 0.518. The summed E-state index contributed by atoms with van der Waals surface area (Å²) in [5.74, 6) is 0.882. The molecule has 4 rings (SSSR count). The Morgan fingerprint density at radius 1 is 1.12 bits per heavy atom. The zero-order valence-corrected chi connectivity index (χ0v) is 19.5. The van der Waals surface area contributed by atoms with Crippen LogP contribution in [0.4, 0.5) is 10.2 Å². The van der Waals surface area contributed by atoms with Crippen LogP contribution in [0.1, 0.15) is 12.5 Å². The first-order valence-electron chi connectivity index (χ1n) is 10.5. The Balaban J connectivity index is 1.59. The van der Waals surface area contributed by atoms with E-state index in [1.807, 2.05) is 0 Å². The summed E-state index contributed by atoms with van der Waals surface area (Å²) in [5.41, 5.74) is 1.23. The van der Waals surface area contributed by atoms with Gasteiger partial charge in [-0.05, 0) is 48.9 Å². The highest BCUT2D eigenvalue weighted by molar-refractivity contribution is 7.91. The third kappa shape index (κ3) is 5.30. The largest absolute Gasteiger partial charge is 0.493 e. The fourth-order valence-corrected chi connectivity index (χ4v) is 5.42. The zero-order chi connectivity index (χ0) is 24.3. The molecule has 9 nitrogen and oxygen atoms in total. The second kappa shape index (κ2) is 9.72. The standard InChI is InChI=1S/C23H24FN3O6S/c1-31-20-8-3-15(11-21(20)32-2)19-12-22(27(26-19)17-9-10-34(29,30)14-17)25-23(28)13-33-18-6-4-16(24)5-7-18/h3-8,11-12,17H,9-10,13-14H2,1-2H3,(H,25,28)/t17-/m0/s1. The zero-order valence-electron chi connectivity index (χ0n) is 18.7. The molecule has 0 spiro atoms. The van der Waals surface area contributed by atoms with Crippen molar-refractivity contribution in [1.29, 1.82) is 0 Å². The second-order valence-electron chi connectivity index (χ2n) is 7.78. The van der Waals surface area contributed by atoms with Gasteiger partial charge in [-0.25, -0.2) is 17.5 Å². The van der Waals surface area contributed by atoms with E-state index >= 15 is 0 Å². The minimum atomic E-state index is -3.18. The topological polar surface area (TPSA) is 109 Å². The van der Waals surface area contributed by atoms with Crippen LogP contribution in [0.3, 0.4) is 0 Å². The van der Waals surface area contributed by atoms with E-state index in [9.17, 15) is 17.6 Å². The Morgan fingerprint density at radius 2 is 1.85 bits per heavy atom. The molecule has 0 saturated carbocycles. The van der Waals surface area contributed by atoms with Crippen LogP contribution in [0.2, 0.25) is 0 Å². The highest BCUT2D eigenvalue weighted by Crippen LogP contribution is 2.34. The number of hydrogen-bond donors (Lipinski definition) is 1. The highest BCUT2D eigenvalue weighted by atomic mass is 32.2. The molecule has 34 heavy (non-hydrogen) atoms. The van der Waals surface area contributed by atoms with Crippen LogP contribution in [-0.2, 0) is 14.6 Å². The van der Waals surface area contributed by atoms with Crippen LogP contribution in [0.15, 0.2) is 48.5 Å². The van der Waals surface area contributed by atoms with Crippen LogP contribution in [0.25, 0.3) is 11.3 Å². The molecule has 11 heteroatoms. The summed E-state index contributed by atoms with van der Waals surface area (Å²) in [6.45, 7) is -0.314. The van der Waals surface area contributed by atoms with Crippen LogP contribution >= 0.6 is 0 Å². The van der Waals surface area contributed by atoms with Crippen molar-refractivity contribution in [3.8, 4) is 28.5 Å². The predicted molar refractivity (Wildman–Crippen MR) is 124 cm³/mol. The van der Waals surface area contributed by atoms with E-state index in [-0.39, 0.29) is 18.1 Å². The van der Waals surface area contributed by atoms with Crippen molar-refractivity contribution < 1.29 is 31.8 Å². The van der Waals surface area contributed by atoms with Crippen LogP contribution in [0, 0.1) is 5.82 Å². The fourth-order valence-electron chi connectivity index (χ4n) is 3.73.